The van der Waals surface area contributed by atoms with Crippen molar-refractivity contribution in [3.05, 3.63) is 31.2 Å². The Bertz CT molecular complexity index is 102. The molecule has 0 spiro atoms. The van der Waals surface area contributed by atoms with Crippen LogP contribution >= 0.6 is 0 Å². The van der Waals surface area contributed by atoms with Gasteiger partial charge in [-0.3, -0.25) is 12.2 Å². The van der Waals surface area contributed by atoms with Gasteiger partial charge in [0.25, 0.3) is 0 Å². The van der Waals surface area contributed by atoms with Crippen molar-refractivity contribution in [3.63, 3.8) is 0 Å². The summed E-state index contributed by atoms with van der Waals surface area (Å²) in [6.07, 6.45) is 18.0. The first-order chi connectivity index (χ1) is 6.00. The molecule has 2 aliphatic rings. The zero-order valence-corrected chi connectivity index (χ0v) is 12.2. The van der Waals surface area contributed by atoms with E-state index in [1.807, 2.05) is 0 Å². The quantitative estimate of drug-likeness (QED) is 0.582. The Labute approximate surface area is 115 Å². The fraction of sp³-hybridized carbons (Fsp3) is 0.583. The molecule has 14 heavy (non-hydrogen) atoms. The number of halogens is 1. The van der Waals surface area contributed by atoms with Gasteiger partial charge in [0.1, 0.15) is 0 Å². The molecule has 0 saturated carbocycles. The number of rotatable bonds is 0. The van der Waals surface area contributed by atoms with Crippen molar-refractivity contribution in [1.29, 1.82) is 0 Å². The van der Waals surface area contributed by atoms with Gasteiger partial charge in [-0.1, -0.05) is 25.7 Å². The topological polar surface area (TPSA) is 0 Å². The second kappa shape index (κ2) is 19.3. The monoisotopic (exact) mass is 288 g/mol. The molecular formula is C12H19ClZr. The van der Waals surface area contributed by atoms with Gasteiger partial charge in [0.2, 0.25) is 0 Å². The van der Waals surface area contributed by atoms with E-state index in [9.17, 15) is 0 Å². The Balaban J connectivity index is -0.000000131. The predicted octanol–water partition coefficient (Wildman–Crippen LogP) is 0.901. The first-order valence-corrected chi connectivity index (χ1v) is 4.81. The summed E-state index contributed by atoms with van der Waals surface area (Å²) in [5.74, 6) is 0. The van der Waals surface area contributed by atoms with E-state index in [1.54, 1.807) is 6.92 Å². The summed E-state index contributed by atoms with van der Waals surface area (Å²) in [5, 5.41) is 0. The fourth-order valence-corrected chi connectivity index (χ4v) is 1.02. The Morgan fingerprint density at radius 2 is 1.29 bits per heavy atom. The van der Waals surface area contributed by atoms with Crippen LogP contribution in [-0.2, 0) is 26.2 Å². The SMILES string of the molecule is [C-]1=CCCC1.[C-]1=CCCC1.[CH2-]C.[Cl-].[Zr+4]. The van der Waals surface area contributed by atoms with Gasteiger partial charge in [-0.2, -0.15) is 19.8 Å². The maximum absolute atomic E-state index is 3.25. The van der Waals surface area contributed by atoms with Gasteiger partial charge < -0.3 is 31.5 Å². The van der Waals surface area contributed by atoms with Crippen LogP contribution in [0.5, 0.6) is 0 Å². The molecule has 78 valence electrons. The standard InChI is InChI=1S/2C5H7.C2H5.ClH.Zr/c2*1-2-4-5-3-1;1-2;;/h2*1H,2,4-5H2;1H2,2H3;1H;/q3*-1;;+4/p-1. The van der Waals surface area contributed by atoms with Gasteiger partial charge in [0.05, 0.1) is 0 Å². The molecule has 0 atom stereocenters. The summed E-state index contributed by atoms with van der Waals surface area (Å²) in [6, 6.07) is 0. The number of hydrogen-bond donors (Lipinski definition) is 0. The second-order valence-corrected chi connectivity index (χ2v) is 2.60. The second-order valence-electron chi connectivity index (χ2n) is 2.60. The van der Waals surface area contributed by atoms with Gasteiger partial charge in [-0.15, -0.1) is 0 Å². The van der Waals surface area contributed by atoms with E-state index in [1.165, 1.54) is 38.5 Å². The minimum Gasteiger partial charge on any atom is -1.00 e. The van der Waals surface area contributed by atoms with Gasteiger partial charge in [0, 0.05) is 0 Å². The Morgan fingerprint density at radius 3 is 1.36 bits per heavy atom. The molecule has 0 aromatic carbocycles. The van der Waals surface area contributed by atoms with Crippen molar-refractivity contribution in [2.45, 2.75) is 45.4 Å². The van der Waals surface area contributed by atoms with Crippen molar-refractivity contribution in [3.8, 4) is 0 Å². The van der Waals surface area contributed by atoms with Gasteiger partial charge >= 0.3 is 26.2 Å². The molecular weight excluding hydrogens is 271 g/mol. The van der Waals surface area contributed by atoms with Crippen LogP contribution in [0.3, 0.4) is 0 Å². The fourth-order valence-electron chi connectivity index (χ4n) is 1.02. The minimum atomic E-state index is 0. The maximum Gasteiger partial charge on any atom is 4.00 e. The molecule has 0 bridgehead atoms. The normalized spacial score (nSPS) is 15.3. The molecule has 0 amide bonds. The largest absolute Gasteiger partial charge is 4.00 e. The maximum atomic E-state index is 3.25. The molecule has 0 N–H and O–H groups in total. The minimum absolute atomic E-state index is 0. The van der Waals surface area contributed by atoms with E-state index >= 15 is 0 Å². The summed E-state index contributed by atoms with van der Waals surface area (Å²) in [4.78, 5) is 0. The number of allylic oxidation sites excluding steroid dienone is 4. The summed E-state index contributed by atoms with van der Waals surface area (Å²) >= 11 is 0. The van der Waals surface area contributed by atoms with Gasteiger partial charge in [-0.05, 0) is 0 Å². The molecule has 0 heterocycles. The number of hydrogen-bond acceptors (Lipinski definition) is 0. The molecule has 2 rings (SSSR count). The van der Waals surface area contributed by atoms with Crippen LogP contribution in [0, 0.1) is 19.1 Å². The third-order valence-electron chi connectivity index (χ3n) is 1.63. The van der Waals surface area contributed by atoms with Crippen LogP contribution in [0.15, 0.2) is 12.2 Å². The third kappa shape index (κ3) is 15.1. The molecule has 0 unspecified atom stereocenters. The predicted molar refractivity (Wildman–Crippen MR) is 54.4 cm³/mol. The molecule has 2 heteroatoms. The van der Waals surface area contributed by atoms with Crippen molar-refractivity contribution >= 4 is 0 Å². The van der Waals surface area contributed by atoms with E-state index in [0.717, 1.165) is 0 Å². The van der Waals surface area contributed by atoms with Crippen LogP contribution in [0.2, 0.25) is 0 Å². The average Bonchev–Trinajstić information content (AvgIpc) is 2.87. The first kappa shape index (κ1) is 20.1. The summed E-state index contributed by atoms with van der Waals surface area (Å²) in [7, 11) is 0. The molecule has 0 fully saturated rings. The summed E-state index contributed by atoms with van der Waals surface area (Å²) in [6.45, 7) is 5.00. The molecule has 0 aliphatic heterocycles. The summed E-state index contributed by atoms with van der Waals surface area (Å²) < 4.78 is 0. The molecule has 2 aliphatic carbocycles. The van der Waals surface area contributed by atoms with Gasteiger partial charge in [-0.25, -0.2) is 0 Å². The van der Waals surface area contributed by atoms with E-state index in [-0.39, 0.29) is 38.6 Å². The third-order valence-corrected chi connectivity index (χ3v) is 1.63. The van der Waals surface area contributed by atoms with E-state index < -0.39 is 0 Å². The van der Waals surface area contributed by atoms with E-state index in [2.05, 4.69) is 31.2 Å². The smallest absolute Gasteiger partial charge is 1.00 e. The first-order valence-electron chi connectivity index (χ1n) is 4.81. The zero-order chi connectivity index (χ0) is 9.07. The zero-order valence-electron chi connectivity index (χ0n) is 8.98. The Kier molecular flexibility index (Phi) is 27.7. The van der Waals surface area contributed by atoms with Crippen LogP contribution in [-0.4, -0.2) is 0 Å². The molecule has 0 nitrogen and oxygen atoms in total. The molecule has 0 aromatic rings. The Hall–Kier alpha value is 0.653. The van der Waals surface area contributed by atoms with Crippen molar-refractivity contribution in [1.82, 2.24) is 0 Å². The van der Waals surface area contributed by atoms with E-state index in [4.69, 9.17) is 0 Å². The van der Waals surface area contributed by atoms with Crippen molar-refractivity contribution in [2.75, 3.05) is 0 Å². The van der Waals surface area contributed by atoms with Crippen LogP contribution < -0.4 is 12.4 Å². The van der Waals surface area contributed by atoms with Crippen molar-refractivity contribution < 1.29 is 38.6 Å². The molecule has 0 aromatic heterocycles. The average molecular weight is 290 g/mol. The molecule has 0 saturated heterocycles. The van der Waals surface area contributed by atoms with Gasteiger partial charge in [0.15, 0.2) is 0 Å². The van der Waals surface area contributed by atoms with Crippen LogP contribution in [0.4, 0.5) is 0 Å². The van der Waals surface area contributed by atoms with Crippen LogP contribution in [0.1, 0.15) is 45.4 Å². The Morgan fingerprint density at radius 1 is 0.929 bits per heavy atom. The van der Waals surface area contributed by atoms with E-state index in [0.29, 0.717) is 0 Å². The van der Waals surface area contributed by atoms with Crippen LogP contribution in [0.25, 0.3) is 0 Å². The molecule has 0 radical (unpaired) electrons. The summed E-state index contributed by atoms with van der Waals surface area (Å²) in [5.41, 5.74) is 0. The van der Waals surface area contributed by atoms with Crippen molar-refractivity contribution in [2.24, 2.45) is 0 Å².